The number of anilines is 1. The molecule has 154 valence electrons. The van der Waals surface area contributed by atoms with Crippen molar-refractivity contribution in [3.8, 4) is 12.3 Å². The van der Waals surface area contributed by atoms with Crippen molar-refractivity contribution in [1.82, 2.24) is 15.5 Å². The third-order valence-corrected chi connectivity index (χ3v) is 4.43. The number of nitrogens with one attached hydrogen (secondary N) is 3. The quantitative estimate of drug-likeness (QED) is 0.311. The fraction of sp³-hybridized carbons (Fsp3) is 0.545. The van der Waals surface area contributed by atoms with Crippen LogP contribution in [0.1, 0.15) is 46.1 Å². The lowest BCUT2D eigenvalue weighted by Crippen LogP contribution is -2.43. The van der Waals surface area contributed by atoms with Crippen molar-refractivity contribution in [3.05, 3.63) is 29.8 Å². The molecule has 0 aliphatic rings. The van der Waals surface area contributed by atoms with E-state index in [9.17, 15) is 4.79 Å². The Labute approximate surface area is 170 Å². The molecule has 1 rings (SSSR count). The van der Waals surface area contributed by atoms with Gasteiger partial charge in [0.15, 0.2) is 5.96 Å². The molecular weight excluding hydrogens is 350 g/mol. The molecule has 1 amide bonds. The van der Waals surface area contributed by atoms with Crippen LogP contribution < -0.4 is 16.0 Å². The first-order chi connectivity index (χ1) is 13.5. The summed E-state index contributed by atoms with van der Waals surface area (Å²) in [5, 5.41) is 9.40. The summed E-state index contributed by atoms with van der Waals surface area (Å²) in [7, 11) is 0. The molecule has 0 saturated heterocycles. The van der Waals surface area contributed by atoms with E-state index in [-0.39, 0.29) is 18.5 Å². The summed E-state index contributed by atoms with van der Waals surface area (Å²) in [6.07, 6.45) is 7.56. The van der Waals surface area contributed by atoms with Crippen LogP contribution in [0, 0.1) is 12.3 Å². The largest absolute Gasteiger partial charge is 0.357 e. The Morgan fingerprint density at radius 1 is 1.29 bits per heavy atom. The number of carbonyl (C=O) groups is 1. The summed E-state index contributed by atoms with van der Waals surface area (Å²) in [6.45, 7) is 12.6. The third kappa shape index (κ3) is 9.43. The van der Waals surface area contributed by atoms with Gasteiger partial charge in [-0.25, -0.2) is 4.99 Å². The molecule has 1 atom stereocenters. The number of hydrogen-bond donors (Lipinski definition) is 3. The third-order valence-electron chi connectivity index (χ3n) is 4.43. The van der Waals surface area contributed by atoms with Crippen molar-refractivity contribution in [2.24, 2.45) is 4.99 Å². The summed E-state index contributed by atoms with van der Waals surface area (Å²) >= 11 is 0. The van der Waals surface area contributed by atoms with E-state index in [0.29, 0.717) is 11.6 Å². The van der Waals surface area contributed by atoms with Gasteiger partial charge in [-0.15, -0.1) is 6.42 Å². The van der Waals surface area contributed by atoms with Crippen LogP contribution in [-0.2, 0) is 4.79 Å². The van der Waals surface area contributed by atoms with Crippen LogP contribution in [0.4, 0.5) is 5.69 Å². The Morgan fingerprint density at radius 2 is 2.04 bits per heavy atom. The predicted octanol–water partition coefficient (Wildman–Crippen LogP) is 2.67. The molecule has 0 bridgehead atoms. The van der Waals surface area contributed by atoms with Crippen molar-refractivity contribution >= 4 is 17.6 Å². The van der Waals surface area contributed by atoms with Gasteiger partial charge in [0.05, 0.1) is 0 Å². The van der Waals surface area contributed by atoms with Gasteiger partial charge in [0, 0.05) is 23.8 Å². The molecule has 0 saturated carbocycles. The molecule has 1 aromatic carbocycles. The maximum atomic E-state index is 12.2. The Hall–Kier alpha value is -2.52. The zero-order chi connectivity index (χ0) is 20.8. The second-order valence-corrected chi connectivity index (χ2v) is 6.68. The fourth-order valence-corrected chi connectivity index (χ4v) is 2.82. The number of terminal acetylenes is 1. The van der Waals surface area contributed by atoms with Crippen molar-refractivity contribution in [2.75, 3.05) is 38.0 Å². The molecule has 28 heavy (non-hydrogen) atoms. The topological polar surface area (TPSA) is 68.8 Å². The second kappa shape index (κ2) is 13.6. The minimum atomic E-state index is -0.180. The summed E-state index contributed by atoms with van der Waals surface area (Å²) < 4.78 is 0. The number of rotatable bonds is 11. The molecule has 6 heteroatoms. The van der Waals surface area contributed by atoms with Crippen LogP contribution in [0.3, 0.4) is 0 Å². The van der Waals surface area contributed by atoms with Crippen molar-refractivity contribution in [1.29, 1.82) is 0 Å². The smallest absolute Gasteiger partial charge is 0.246 e. The monoisotopic (exact) mass is 385 g/mol. The molecule has 0 fully saturated rings. The molecule has 1 unspecified atom stereocenters. The van der Waals surface area contributed by atoms with Gasteiger partial charge in [0.1, 0.15) is 6.54 Å². The van der Waals surface area contributed by atoms with E-state index in [1.54, 1.807) is 6.07 Å². The van der Waals surface area contributed by atoms with E-state index in [0.717, 1.165) is 44.6 Å². The summed E-state index contributed by atoms with van der Waals surface area (Å²) in [5.41, 5.74) is 1.41. The molecule has 0 heterocycles. The zero-order valence-corrected chi connectivity index (χ0v) is 17.7. The highest BCUT2D eigenvalue weighted by Crippen LogP contribution is 2.09. The number of benzene rings is 1. The van der Waals surface area contributed by atoms with Gasteiger partial charge < -0.3 is 20.9 Å². The van der Waals surface area contributed by atoms with E-state index < -0.39 is 0 Å². The zero-order valence-electron chi connectivity index (χ0n) is 17.7. The van der Waals surface area contributed by atoms with Crippen molar-refractivity contribution < 1.29 is 4.79 Å². The van der Waals surface area contributed by atoms with E-state index in [4.69, 9.17) is 6.42 Å². The average molecular weight is 386 g/mol. The summed E-state index contributed by atoms with van der Waals surface area (Å²) in [4.78, 5) is 19.0. The van der Waals surface area contributed by atoms with Crippen LogP contribution in [0.15, 0.2) is 29.3 Å². The molecule has 0 spiro atoms. The fourth-order valence-electron chi connectivity index (χ4n) is 2.82. The Balaban J connectivity index is 2.51. The molecule has 6 nitrogen and oxygen atoms in total. The van der Waals surface area contributed by atoms with Crippen LogP contribution in [0.5, 0.6) is 0 Å². The van der Waals surface area contributed by atoms with Gasteiger partial charge >= 0.3 is 0 Å². The number of carbonyl (C=O) groups excluding carboxylic acids is 1. The van der Waals surface area contributed by atoms with Gasteiger partial charge in [-0.05, 0) is 64.5 Å². The van der Waals surface area contributed by atoms with Crippen LogP contribution >= 0.6 is 0 Å². The lowest BCUT2D eigenvalue weighted by molar-refractivity contribution is -0.114. The number of nitrogens with zero attached hydrogens (tertiary/aromatic N) is 2. The number of guanidine groups is 1. The standard InChI is InChI=1S/C22H35N5O/c1-6-19-13-10-14-20(16-19)26-21(28)17-24-22(23-7-2)25-18(5)12-11-15-27(8-3)9-4/h1,10,13-14,16,18H,7-9,11-12,15,17H2,2-5H3,(H,26,28)(H2,23,24,25). The Bertz CT molecular complexity index is 661. The van der Waals surface area contributed by atoms with Crippen LogP contribution in [0.25, 0.3) is 0 Å². The minimum absolute atomic E-state index is 0.0434. The van der Waals surface area contributed by atoms with E-state index >= 15 is 0 Å². The maximum Gasteiger partial charge on any atom is 0.246 e. The van der Waals surface area contributed by atoms with Gasteiger partial charge in [-0.3, -0.25) is 4.79 Å². The maximum absolute atomic E-state index is 12.2. The van der Waals surface area contributed by atoms with E-state index in [1.165, 1.54) is 0 Å². The van der Waals surface area contributed by atoms with Gasteiger partial charge in [-0.1, -0.05) is 25.8 Å². The molecular formula is C22H35N5O. The number of hydrogen-bond acceptors (Lipinski definition) is 3. The van der Waals surface area contributed by atoms with Gasteiger partial charge in [0.2, 0.25) is 5.91 Å². The van der Waals surface area contributed by atoms with Crippen LogP contribution in [0.2, 0.25) is 0 Å². The highest BCUT2D eigenvalue weighted by molar-refractivity contribution is 5.94. The second-order valence-electron chi connectivity index (χ2n) is 6.68. The molecule has 1 aromatic rings. The molecule has 0 radical (unpaired) electrons. The predicted molar refractivity (Wildman–Crippen MR) is 119 cm³/mol. The molecule has 0 aliphatic carbocycles. The first-order valence-corrected chi connectivity index (χ1v) is 10.2. The number of amides is 1. The van der Waals surface area contributed by atoms with Crippen LogP contribution in [-0.4, -0.2) is 55.5 Å². The Kier molecular flexibility index (Phi) is 11.4. The van der Waals surface area contributed by atoms with Gasteiger partial charge in [0.25, 0.3) is 0 Å². The summed E-state index contributed by atoms with van der Waals surface area (Å²) in [5.74, 6) is 3.04. The molecule has 0 aliphatic heterocycles. The Morgan fingerprint density at radius 3 is 2.68 bits per heavy atom. The lowest BCUT2D eigenvalue weighted by Gasteiger charge is -2.21. The molecule has 3 N–H and O–H groups in total. The lowest BCUT2D eigenvalue weighted by atomic mass is 10.2. The van der Waals surface area contributed by atoms with Gasteiger partial charge in [-0.2, -0.15) is 0 Å². The summed E-state index contributed by atoms with van der Waals surface area (Å²) in [6, 6.07) is 7.50. The average Bonchev–Trinajstić information content (AvgIpc) is 2.69. The van der Waals surface area contributed by atoms with E-state index in [1.807, 2.05) is 25.1 Å². The highest BCUT2D eigenvalue weighted by Gasteiger charge is 2.08. The first-order valence-electron chi connectivity index (χ1n) is 10.2. The normalized spacial score (nSPS) is 12.4. The minimum Gasteiger partial charge on any atom is -0.357 e. The number of aliphatic imine (C=N–C) groups is 1. The molecule has 0 aromatic heterocycles. The van der Waals surface area contributed by atoms with Crippen molar-refractivity contribution in [2.45, 2.75) is 46.6 Å². The first kappa shape index (κ1) is 23.5. The van der Waals surface area contributed by atoms with Crippen molar-refractivity contribution in [3.63, 3.8) is 0 Å². The SMILES string of the molecule is C#Cc1cccc(NC(=O)CN=C(NCC)NC(C)CCCN(CC)CC)c1. The van der Waals surface area contributed by atoms with E-state index in [2.05, 4.69) is 52.5 Å². The highest BCUT2D eigenvalue weighted by atomic mass is 16.1.